The molecule has 21 heavy (non-hydrogen) atoms. The third kappa shape index (κ3) is 2.42. The Labute approximate surface area is 125 Å². The number of aryl methyl sites for hydroxylation is 1. The summed E-state index contributed by atoms with van der Waals surface area (Å²) in [6.45, 7) is 4.21. The molecule has 3 heteroatoms. The van der Waals surface area contributed by atoms with Crippen LogP contribution in [0.4, 0.5) is 5.95 Å². The topological polar surface area (TPSA) is 43.8 Å². The lowest BCUT2D eigenvalue weighted by atomic mass is 10.1. The molecular weight excluding hydrogens is 258 g/mol. The monoisotopic (exact) mass is 277 g/mol. The van der Waals surface area contributed by atoms with Gasteiger partial charge in [0.15, 0.2) is 0 Å². The van der Waals surface area contributed by atoms with E-state index in [1.54, 1.807) is 0 Å². The molecule has 3 nitrogen and oxygen atoms in total. The Morgan fingerprint density at radius 2 is 1.67 bits per heavy atom. The van der Waals surface area contributed by atoms with E-state index in [0.717, 1.165) is 29.1 Å². The van der Waals surface area contributed by atoms with Crippen LogP contribution in [-0.2, 0) is 6.42 Å². The van der Waals surface area contributed by atoms with E-state index in [-0.39, 0.29) is 0 Å². The molecule has 0 atom stereocenters. The van der Waals surface area contributed by atoms with Crippen LogP contribution in [0.5, 0.6) is 0 Å². The van der Waals surface area contributed by atoms with Crippen LogP contribution in [0, 0.1) is 6.92 Å². The summed E-state index contributed by atoms with van der Waals surface area (Å²) in [4.78, 5) is 4.54. The Bertz CT molecular complexity index is 740. The van der Waals surface area contributed by atoms with Crippen molar-refractivity contribution in [1.82, 2.24) is 9.55 Å². The van der Waals surface area contributed by atoms with Crippen LogP contribution in [0.3, 0.4) is 0 Å². The average molecular weight is 277 g/mol. The van der Waals surface area contributed by atoms with Gasteiger partial charge in [0.2, 0.25) is 5.95 Å². The van der Waals surface area contributed by atoms with Crippen LogP contribution < -0.4 is 5.73 Å². The van der Waals surface area contributed by atoms with Gasteiger partial charge < -0.3 is 5.73 Å². The summed E-state index contributed by atoms with van der Waals surface area (Å²) in [5, 5.41) is 0. The van der Waals surface area contributed by atoms with Crippen molar-refractivity contribution in [3.63, 3.8) is 0 Å². The highest BCUT2D eigenvalue weighted by atomic mass is 15.2. The molecule has 0 radical (unpaired) electrons. The molecule has 0 aliphatic rings. The molecule has 0 amide bonds. The fraction of sp³-hybridized carbons (Fsp3) is 0.167. The van der Waals surface area contributed by atoms with Crippen LogP contribution in [0.2, 0.25) is 0 Å². The summed E-state index contributed by atoms with van der Waals surface area (Å²) in [5.74, 6) is 0.524. The molecule has 3 aromatic rings. The van der Waals surface area contributed by atoms with Gasteiger partial charge in [-0.1, -0.05) is 49.4 Å². The predicted molar refractivity (Wildman–Crippen MR) is 87.5 cm³/mol. The molecule has 3 rings (SSSR count). The van der Waals surface area contributed by atoms with E-state index in [2.05, 4.69) is 55.2 Å². The van der Waals surface area contributed by atoms with Crippen LogP contribution >= 0.6 is 0 Å². The van der Waals surface area contributed by atoms with Crippen molar-refractivity contribution in [2.24, 2.45) is 0 Å². The number of anilines is 1. The van der Waals surface area contributed by atoms with Crippen molar-refractivity contribution in [2.45, 2.75) is 20.3 Å². The second-order valence-corrected chi connectivity index (χ2v) is 5.13. The maximum Gasteiger partial charge on any atom is 0.205 e. The van der Waals surface area contributed by atoms with E-state index in [9.17, 15) is 0 Å². The molecule has 106 valence electrons. The van der Waals surface area contributed by atoms with Gasteiger partial charge in [-0.2, -0.15) is 0 Å². The van der Waals surface area contributed by atoms with Gasteiger partial charge in [0.1, 0.15) is 0 Å². The molecule has 0 aliphatic carbocycles. The second-order valence-electron chi connectivity index (χ2n) is 5.13. The number of nitrogens with zero attached hydrogens (tertiary/aromatic N) is 2. The van der Waals surface area contributed by atoms with E-state index >= 15 is 0 Å². The van der Waals surface area contributed by atoms with E-state index in [1.807, 2.05) is 22.8 Å². The summed E-state index contributed by atoms with van der Waals surface area (Å²) < 4.78 is 2.00. The molecular formula is C18H19N3. The highest BCUT2D eigenvalue weighted by molar-refractivity contribution is 5.65. The van der Waals surface area contributed by atoms with Gasteiger partial charge in [-0.05, 0) is 31.0 Å². The molecule has 1 heterocycles. The quantitative estimate of drug-likeness (QED) is 0.786. The Morgan fingerprint density at radius 3 is 2.29 bits per heavy atom. The zero-order chi connectivity index (χ0) is 14.8. The molecule has 0 unspecified atom stereocenters. The number of hydrogen-bond acceptors (Lipinski definition) is 2. The standard InChI is InChI=1S/C18H19N3/c1-3-14-9-11-16(12-10-14)21-13(2)17(20-18(21)19)15-7-5-4-6-8-15/h4-12H,3H2,1-2H3,(H2,19,20). The predicted octanol–water partition coefficient (Wildman–Crippen LogP) is 3.99. The summed E-state index contributed by atoms with van der Waals surface area (Å²) in [6, 6.07) is 18.6. The van der Waals surface area contributed by atoms with Gasteiger partial charge in [-0.3, -0.25) is 4.57 Å². The number of imidazole rings is 1. The molecule has 0 saturated carbocycles. The molecule has 0 saturated heterocycles. The van der Waals surface area contributed by atoms with Crippen molar-refractivity contribution in [1.29, 1.82) is 0 Å². The number of rotatable bonds is 3. The number of benzene rings is 2. The van der Waals surface area contributed by atoms with Crippen molar-refractivity contribution in [3.05, 3.63) is 65.9 Å². The number of aromatic nitrogens is 2. The van der Waals surface area contributed by atoms with Crippen LogP contribution in [0.15, 0.2) is 54.6 Å². The summed E-state index contributed by atoms with van der Waals surface area (Å²) in [6.07, 6.45) is 1.04. The molecule has 0 aliphatic heterocycles. The first-order chi connectivity index (χ1) is 10.2. The normalized spacial score (nSPS) is 10.8. The van der Waals surface area contributed by atoms with E-state index < -0.39 is 0 Å². The SMILES string of the molecule is CCc1ccc(-n2c(N)nc(-c3ccccc3)c2C)cc1. The molecule has 1 aromatic heterocycles. The Hall–Kier alpha value is -2.55. The van der Waals surface area contributed by atoms with E-state index in [4.69, 9.17) is 5.73 Å². The van der Waals surface area contributed by atoms with Gasteiger partial charge in [0.25, 0.3) is 0 Å². The minimum Gasteiger partial charge on any atom is -0.369 e. The summed E-state index contributed by atoms with van der Waals surface area (Å²) in [5.41, 5.74) is 11.6. The minimum atomic E-state index is 0.524. The lowest BCUT2D eigenvalue weighted by Gasteiger charge is -2.08. The minimum absolute atomic E-state index is 0.524. The number of nitrogen functional groups attached to an aromatic ring is 1. The van der Waals surface area contributed by atoms with Crippen molar-refractivity contribution >= 4 is 5.95 Å². The van der Waals surface area contributed by atoms with Crippen LogP contribution in [0.25, 0.3) is 16.9 Å². The molecule has 0 fully saturated rings. The number of hydrogen-bond donors (Lipinski definition) is 1. The van der Waals surface area contributed by atoms with Crippen LogP contribution in [-0.4, -0.2) is 9.55 Å². The van der Waals surface area contributed by atoms with Crippen LogP contribution in [0.1, 0.15) is 18.2 Å². The van der Waals surface area contributed by atoms with Crippen molar-refractivity contribution < 1.29 is 0 Å². The average Bonchev–Trinajstić information content (AvgIpc) is 2.83. The molecule has 2 aromatic carbocycles. The van der Waals surface area contributed by atoms with Gasteiger partial charge in [-0.15, -0.1) is 0 Å². The van der Waals surface area contributed by atoms with Gasteiger partial charge >= 0.3 is 0 Å². The van der Waals surface area contributed by atoms with Gasteiger partial charge in [0.05, 0.1) is 5.69 Å². The summed E-state index contributed by atoms with van der Waals surface area (Å²) in [7, 11) is 0. The second kappa shape index (κ2) is 5.44. The fourth-order valence-corrected chi connectivity index (χ4v) is 2.60. The first kappa shape index (κ1) is 13.4. The summed E-state index contributed by atoms with van der Waals surface area (Å²) >= 11 is 0. The van der Waals surface area contributed by atoms with Crippen molar-refractivity contribution in [2.75, 3.05) is 5.73 Å². The number of nitrogens with two attached hydrogens (primary N) is 1. The first-order valence-corrected chi connectivity index (χ1v) is 7.20. The largest absolute Gasteiger partial charge is 0.369 e. The fourth-order valence-electron chi connectivity index (χ4n) is 2.60. The van der Waals surface area contributed by atoms with Crippen molar-refractivity contribution in [3.8, 4) is 16.9 Å². The zero-order valence-corrected chi connectivity index (χ0v) is 12.4. The Kier molecular flexibility index (Phi) is 3.48. The van der Waals surface area contributed by atoms with E-state index in [1.165, 1.54) is 5.56 Å². The smallest absolute Gasteiger partial charge is 0.205 e. The molecule has 2 N–H and O–H groups in total. The van der Waals surface area contributed by atoms with Gasteiger partial charge in [-0.25, -0.2) is 4.98 Å². The first-order valence-electron chi connectivity index (χ1n) is 7.20. The third-order valence-corrected chi connectivity index (χ3v) is 3.78. The van der Waals surface area contributed by atoms with E-state index in [0.29, 0.717) is 5.95 Å². The molecule has 0 bridgehead atoms. The Balaban J connectivity index is 2.09. The zero-order valence-electron chi connectivity index (χ0n) is 12.4. The molecule has 0 spiro atoms. The van der Waals surface area contributed by atoms with Gasteiger partial charge in [0, 0.05) is 16.9 Å². The lowest BCUT2D eigenvalue weighted by molar-refractivity contribution is 1.01. The highest BCUT2D eigenvalue weighted by Crippen LogP contribution is 2.27. The third-order valence-electron chi connectivity index (χ3n) is 3.78. The Morgan fingerprint density at radius 1 is 1.00 bits per heavy atom. The lowest BCUT2D eigenvalue weighted by Crippen LogP contribution is -2.02. The highest BCUT2D eigenvalue weighted by Gasteiger charge is 2.14. The maximum absolute atomic E-state index is 6.13. The maximum atomic E-state index is 6.13.